The number of rotatable bonds is 4. The molecule has 6 atom stereocenters. The second kappa shape index (κ2) is 9.23. The predicted octanol–water partition coefficient (Wildman–Crippen LogP) is 2.89. The van der Waals surface area contributed by atoms with Crippen LogP contribution in [0.5, 0.6) is 0 Å². The molecule has 5 rings (SSSR count). The van der Waals surface area contributed by atoms with Gasteiger partial charge in [0, 0.05) is 25.4 Å². The van der Waals surface area contributed by atoms with Crippen LogP contribution in [0, 0.1) is 24.7 Å². The lowest BCUT2D eigenvalue weighted by molar-refractivity contribution is -0.144. The summed E-state index contributed by atoms with van der Waals surface area (Å²) in [5.41, 5.74) is 1.49. The van der Waals surface area contributed by atoms with Crippen molar-refractivity contribution >= 4 is 46.8 Å². The van der Waals surface area contributed by atoms with Crippen molar-refractivity contribution in [3.63, 3.8) is 0 Å². The number of fused-ring (bicyclic) bond motifs is 2. The van der Waals surface area contributed by atoms with Crippen molar-refractivity contribution in [3.8, 4) is 0 Å². The summed E-state index contributed by atoms with van der Waals surface area (Å²) in [7, 11) is 1.75. The fourth-order valence-electron chi connectivity index (χ4n) is 6.35. The molecule has 2 fully saturated rings. The second-order valence-electron chi connectivity index (χ2n) is 10.5. The van der Waals surface area contributed by atoms with Crippen molar-refractivity contribution in [3.05, 3.63) is 53.1 Å². The van der Waals surface area contributed by atoms with E-state index in [0.29, 0.717) is 23.8 Å². The normalized spacial score (nSPS) is 32.5. The summed E-state index contributed by atoms with van der Waals surface area (Å²) >= 11 is 8.13. The second-order valence-corrected chi connectivity index (χ2v) is 12.4. The van der Waals surface area contributed by atoms with Crippen molar-refractivity contribution in [2.75, 3.05) is 31.6 Å². The summed E-state index contributed by atoms with van der Waals surface area (Å²) in [5, 5.41) is 10.6. The highest BCUT2D eigenvalue weighted by atomic mass is 35.5. The van der Waals surface area contributed by atoms with Crippen LogP contribution in [0.3, 0.4) is 0 Å². The Labute approximate surface area is 221 Å². The van der Waals surface area contributed by atoms with Crippen LogP contribution >= 0.6 is 23.4 Å². The fourth-order valence-corrected chi connectivity index (χ4v) is 8.66. The van der Waals surface area contributed by atoms with Crippen LogP contribution in [-0.2, 0) is 14.4 Å². The molecule has 36 heavy (non-hydrogen) atoms. The van der Waals surface area contributed by atoms with Gasteiger partial charge in [-0.05, 0) is 24.5 Å². The Bertz CT molecular complexity index is 1150. The van der Waals surface area contributed by atoms with Gasteiger partial charge in [0.05, 0.1) is 39.9 Å². The van der Waals surface area contributed by atoms with Gasteiger partial charge in [0.25, 0.3) is 5.91 Å². The van der Waals surface area contributed by atoms with E-state index in [1.54, 1.807) is 27.8 Å². The minimum atomic E-state index is -0.923. The Hall–Kier alpha value is -2.29. The van der Waals surface area contributed by atoms with E-state index < -0.39 is 28.7 Å². The molecule has 1 aromatic rings. The van der Waals surface area contributed by atoms with Gasteiger partial charge >= 0.3 is 0 Å². The number of hydrogen-bond donors (Lipinski definition) is 1. The third-order valence-electron chi connectivity index (χ3n) is 8.07. The quantitative estimate of drug-likeness (QED) is 0.607. The summed E-state index contributed by atoms with van der Waals surface area (Å²) in [6.07, 6.45) is 7.91. The van der Waals surface area contributed by atoms with Crippen LogP contribution < -0.4 is 4.90 Å². The number of nitrogens with zero attached hydrogens (tertiary/aromatic N) is 3. The molecule has 0 aliphatic carbocycles. The maximum atomic E-state index is 14.5. The molecule has 0 radical (unpaired) electrons. The van der Waals surface area contributed by atoms with Gasteiger partial charge in [0.15, 0.2) is 0 Å². The molecule has 0 saturated carbocycles. The molecule has 4 heterocycles. The molecule has 7 nitrogen and oxygen atoms in total. The van der Waals surface area contributed by atoms with E-state index in [1.165, 1.54) is 11.8 Å². The Kier molecular flexibility index (Phi) is 6.50. The van der Waals surface area contributed by atoms with E-state index in [-0.39, 0.29) is 35.5 Å². The Morgan fingerprint density at radius 2 is 1.89 bits per heavy atom. The number of para-hydroxylation sites is 1. The van der Waals surface area contributed by atoms with Crippen LogP contribution in [-0.4, -0.2) is 81.5 Å². The van der Waals surface area contributed by atoms with Gasteiger partial charge < -0.3 is 19.8 Å². The maximum Gasteiger partial charge on any atom is 0.251 e. The molecule has 192 valence electrons. The SMILES string of the molecule is Cc1cccc(Cl)c1N1CC=C[C@]23S[C@@H]4C=CCN(C)C(=O)[C@@H]4[C@H]2C(=O)N([C@@H](CO)C(C)C)C3C1=O. The van der Waals surface area contributed by atoms with Crippen LogP contribution in [0.15, 0.2) is 42.5 Å². The first-order valence-corrected chi connectivity index (χ1v) is 13.7. The van der Waals surface area contributed by atoms with Gasteiger partial charge in [-0.25, -0.2) is 0 Å². The summed E-state index contributed by atoms with van der Waals surface area (Å²) < 4.78 is -0.923. The van der Waals surface area contributed by atoms with E-state index in [4.69, 9.17) is 11.6 Å². The molecular formula is C27H32ClN3O4S. The van der Waals surface area contributed by atoms with Crippen LogP contribution in [0.25, 0.3) is 0 Å². The zero-order chi connectivity index (χ0) is 25.9. The number of amides is 3. The zero-order valence-electron chi connectivity index (χ0n) is 20.9. The monoisotopic (exact) mass is 529 g/mol. The number of thioether (sulfide) groups is 1. The topological polar surface area (TPSA) is 81.2 Å². The molecular weight excluding hydrogens is 498 g/mol. The lowest BCUT2D eigenvalue weighted by Crippen LogP contribution is -2.57. The van der Waals surface area contributed by atoms with Gasteiger partial charge in [-0.15, -0.1) is 11.8 Å². The highest BCUT2D eigenvalue weighted by molar-refractivity contribution is 8.02. The van der Waals surface area contributed by atoms with Crippen molar-refractivity contribution in [1.82, 2.24) is 9.80 Å². The highest BCUT2D eigenvalue weighted by Crippen LogP contribution is 2.61. The predicted molar refractivity (Wildman–Crippen MR) is 142 cm³/mol. The molecule has 1 unspecified atom stereocenters. The Morgan fingerprint density at radius 1 is 1.14 bits per heavy atom. The van der Waals surface area contributed by atoms with Gasteiger partial charge in [-0.2, -0.15) is 0 Å². The summed E-state index contributed by atoms with van der Waals surface area (Å²) in [6.45, 7) is 6.31. The van der Waals surface area contributed by atoms with E-state index >= 15 is 0 Å². The Balaban J connectivity index is 1.69. The van der Waals surface area contributed by atoms with Crippen LogP contribution in [0.4, 0.5) is 5.69 Å². The number of carbonyl (C=O) groups is 3. The summed E-state index contributed by atoms with van der Waals surface area (Å²) in [4.78, 5) is 47.2. The minimum absolute atomic E-state index is 0.0812. The van der Waals surface area contributed by atoms with Gasteiger partial charge in [0.1, 0.15) is 6.04 Å². The number of benzene rings is 1. The molecule has 9 heteroatoms. The molecule has 0 bridgehead atoms. The van der Waals surface area contributed by atoms with E-state index in [1.807, 2.05) is 57.2 Å². The molecule has 1 N–H and O–H groups in total. The Morgan fingerprint density at radius 3 is 2.56 bits per heavy atom. The first kappa shape index (κ1) is 25.4. The third-order valence-corrected chi connectivity index (χ3v) is 10.1. The lowest BCUT2D eigenvalue weighted by Gasteiger charge is -2.40. The number of carbonyl (C=O) groups excluding carboxylic acids is 3. The fraction of sp³-hybridized carbons (Fsp3) is 0.519. The van der Waals surface area contributed by atoms with Crippen LogP contribution in [0.1, 0.15) is 19.4 Å². The average molecular weight is 530 g/mol. The van der Waals surface area contributed by atoms with Gasteiger partial charge in [-0.3, -0.25) is 14.4 Å². The van der Waals surface area contributed by atoms with Crippen molar-refractivity contribution in [2.45, 2.75) is 42.9 Å². The number of aliphatic hydroxyl groups excluding tert-OH is 1. The third kappa shape index (κ3) is 3.56. The number of anilines is 1. The maximum absolute atomic E-state index is 14.5. The van der Waals surface area contributed by atoms with E-state index in [2.05, 4.69) is 0 Å². The standard InChI is InChI=1S/C27H32ClN3O4S/c1-15(2)18(14-32)31-23-26(35)30(22-16(3)8-5-9-17(22)28)13-7-11-27(23)21(25(31)34)20-19(36-27)10-6-12-29(4)24(20)33/h5-11,15,18-21,23,32H,12-14H2,1-4H3/t18-,19+,20-,21-,23?,27-/m0/s1. The van der Waals surface area contributed by atoms with Crippen molar-refractivity contribution in [1.29, 1.82) is 0 Å². The number of hydrogen-bond acceptors (Lipinski definition) is 5. The van der Waals surface area contributed by atoms with Crippen molar-refractivity contribution in [2.24, 2.45) is 17.8 Å². The smallest absolute Gasteiger partial charge is 0.251 e. The highest BCUT2D eigenvalue weighted by Gasteiger charge is 2.71. The van der Waals surface area contributed by atoms with Crippen LogP contribution in [0.2, 0.25) is 5.02 Å². The number of aryl methyl sites for hydroxylation is 1. The van der Waals surface area contributed by atoms with Crippen molar-refractivity contribution < 1.29 is 19.5 Å². The average Bonchev–Trinajstić information content (AvgIpc) is 3.15. The summed E-state index contributed by atoms with van der Waals surface area (Å²) in [6, 6.07) is 4.09. The molecule has 4 aliphatic rings. The number of halogens is 1. The number of likely N-dealkylation sites (tertiary alicyclic amines) is 1. The molecule has 1 aromatic carbocycles. The molecule has 1 spiro atoms. The van der Waals surface area contributed by atoms with E-state index in [9.17, 15) is 19.5 Å². The number of aliphatic hydroxyl groups is 1. The lowest BCUT2D eigenvalue weighted by atomic mass is 9.78. The number of likely N-dealkylation sites (N-methyl/N-ethyl adjacent to an activating group) is 1. The molecule has 2 saturated heterocycles. The van der Waals surface area contributed by atoms with Gasteiger partial charge in [-0.1, -0.05) is 61.9 Å². The molecule has 0 aromatic heterocycles. The zero-order valence-corrected chi connectivity index (χ0v) is 22.5. The van der Waals surface area contributed by atoms with Gasteiger partial charge in [0.2, 0.25) is 11.8 Å². The minimum Gasteiger partial charge on any atom is -0.394 e. The van der Waals surface area contributed by atoms with E-state index in [0.717, 1.165) is 5.56 Å². The first-order valence-electron chi connectivity index (χ1n) is 12.4. The first-order chi connectivity index (χ1) is 17.1. The molecule has 3 amide bonds. The molecule has 4 aliphatic heterocycles. The summed E-state index contributed by atoms with van der Waals surface area (Å²) in [5.74, 6) is -1.91. The largest absolute Gasteiger partial charge is 0.394 e.